The molecule has 1 saturated carbocycles. The van der Waals surface area contributed by atoms with E-state index in [1.807, 2.05) is 0 Å². The van der Waals surface area contributed by atoms with Crippen molar-refractivity contribution in [3.63, 3.8) is 0 Å². The highest BCUT2D eigenvalue weighted by atomic mass is 16.1. The van der Waals surface area contributed by atoms with Crippen molar-refractivity contribution in [3.8, 4) is 0 Å². The molecule has 1 atom stereocenters. The minimum Gasteiger partial charge on any atom is -0.356 e. The summed E-state index contributed by atoms with van der Waals surface area (Å²) in [4.78, 5) is 11.2. The highest BCUT2D eigenvalue weighted by Gasteiger charge is 2.27. The van der Waals surface area contributed by atoms with Crippen LogP contribution >= 0.6 is 0 Å². The van der Waals surface area contributed by atoms with Gasteiger partial charge in [-0.15, -0.1) is 0 Å². The molecule has 0 radical (unpaired) electrons. The van der Waals surface area contributed by atoms with E-state index >= 15 is 0 Å². The van der Waals surface area contributed by atoms with Crippen molar-refractivity contribution >= 4 is 5.91 Å². The van der Waals surface area contributed by atoms with Crippen LogP contribution in [-0.4, -0.2) is 25.0 Å². The van der Waals surface area contributed by atoms with Crippen LogP contribution in [0.3, 0.4) is 0 Å². The highest BCUT2D eigenvalue weighted by molar-refractivity contribution is 5.75. The quantitative estimate of drug-likeness (QED) is 0.647. The number of rotatable bonds is 7. The van der Waals surface area contributed by atoms with E-state index < -0.39 is 0 Å². The Labute approximate surface area is 86.6 Å². The molecule has 3 nitrogen and oxygen atoms in total. The van der Waals surface area contributed by atoms with Gasteiger partial charge < -0.3 is 10.6 Å². The van der Waals surface area contributed by atoms with Crippen LogP contribution < -0.4 is 10.6 Å². The van der Waals surface area contributed by atoms with Gasteiger partial charge in [0.05, 0.1) is 0 Å². The summed E-state index contributed by atoms with van der Waals surface area (Å²) in [5.41, 5.74) is 0. The van der Waals surface area contributed by atoms with Gasteiger partial charge in [-0.3, -0.25) is 4.79 Å². The number of amides is 1. The topological polar surface area (TPSA) is 41.1 Å². The monoisotopic (exact) mass is 198 g/mol. The number of carbonyl (C=O) groups is 1. The molecule has 1 aliphatic carbocycles. The summed E-state index contributed by atoms with van der Waals surface area (Å²) in [6.45, 7) is 5.89. The maximum atomic E-state index is 11.2. The van der Waals surface area contributed by atoms with Gasteiger partial charge >= 0.3 is 0 Å². The third-order valence-electron chi connectivity index (χ3n) is 2.72. The maximum Gasteiger partial charge on any atom is 0.221 e. The molecule has 0 aromatic heterocycles. The summed E-state index contributed by atoms with van der Waals surface area (Å²) in [5.74, 6) is 1.04. The Kier molecular flexibility index (Phi) is 4.94. The third-order valence-corrected chi connectivity index (χ3v) is 2.72. The van der Waals surface area contributed by atoms with E-state index in [4.69, 9.17) is 0 Å². The fourth-order valence-corrected chi connectivity index (χ4v) is 1.53. The first-order valence-electron chi connectivity index (χ1n) is 5.74. The highest BCUT2D eigenvalue weighted by Crippen LogP contribution is 2.32. The Morgan fingerprint density at radius 3 is 2.71 bits per heavy atom. The molecule has 0 aromatic rings. The molecule has 82 valence electrons. The zero-order valence-electron chi connectivity index (χ0n) is 9.31. The van der Waals surface area contributed by atoms with Crippen molar-refractivity contribution < 1.29 is 4.79 Å². The fourth-order valence-electron chi connectivity index (χ4n) is 1.53. The minimum atomic E-state index is 0.169. The summed E-state index contributed by atoms with van der Waals surface area (Å²) < 4.78 is 0. The van der Waals surface area contributed by atoms with Gasteiger partial charge in [0, 0.05) is 25.6 Å². The standard InChI is InChI=1S/C11H22N2O/c1-3-7-13-11(14)6-8-12-9(2)10-4-5-10/h9-10,12H,3-8H2,1-2H3,(H,13,14). The van der Waals surface area contributed by atoms with Crippen molar-refractivity contribution in [1.82, 2.24) is 10.6 Å². The second-order valence-electron chi connectivity index (χ2n) is 4.18. The molecule has 1 fully saturated rings. The first-order valence-corrected chi connectivity index (χ1v) is 5.74. The average Bonchev–Trinajstić information content (AvgIpc) is 2.97. The van der Waals surface area contributed by atoms with Crippen LogP contribution in [0.25, 0.3) is 0 Å². The average molecular weight is 198 g/mol. The Hall–Kier alpha value is -0.570. The number of carbonyl (C=O) groups excluding carboxylic acids is 1. The summed E-state index contributed by atoms with van der Waals surface area (Å²) in [6, 6.07) is 0.592. The van der Waals surface area contributed by atoms with Crippen LogP contribution in [0, 0.1) is 5.92 Å². The largest absolute Gasteiger partial charge is 0.356 e. The molecule has 14 heavy (non-hydrogen) atoms. The summed E-state index contributed by atoms with van der Waals surface area (Å²) in [6.07, 6.45) is 4.33. The van der Waals surface area contributed by atoms with Crippen molar-refractivity contribution in [3.05, 3.63) is 0 Å². The third kappa shape index (κ3) is 4.61. The molecule has 0 spiro atoms. The zero-order valence-corrected chi connectivity index (χ0v) is 9.31. The lowest BCUT2D eigenvalue weighted by atomic mass is 10.2. The van der Waals surface area contributed by atoms with E-state index in [0.29, 0.717) is 12.5 Å². The normalized spacial score (nSPS) is 17.9. The van der Waals surface area contributed by atoms with Crippen molar-refractivity contribution in [2.45, 2.75) is 45.6 Å². The lowest BCUT2D eigenvalue weighted by molar-refractivity contribution is -0.121. The molecule has 0 bridgehead atoms. The summed E-state index contributed by atoms with van der Waals surface area (Å²) >= 11 is 0. The van der Waals surface area contributed by atoms with Gasteiger partial charge in [0.15, 0.2) is 0 Å². The predicted octanol–water partition coefficient (Wildman–Crippen LogP) is 1.29. The van der Waals surface area contributed by atoms with Crippen molar-refractivity contribution in [2.24, 2.45) is 5.92 Å². The van der Waals surface area contributed by atoms with Crippen LogP contribution in [0.2, 0.25) is 0 Å². The Bertz CT molecular complexity index is 178. The van der Waals surface area contributed by atoms with Gasteiger partial charge in [-0.1, -0.05) is 6.92 Å². The van der Waals surface area contributed by atoms with Gasteiger partial charge in [0.2, 0.25) is 5.91 Å². The lowest BCUT2D eigenvalue weighted by Gasteiger charge is -2.12. The molecule has 0 saturated heterocycles. The molecule has 1 unspecified atom stereocenters. The van der Waals surface area contributed by atoms with Crippen LogP contribution in [-0.2, 0) is 4.79 Å². The molecule has 0 heterocycles. The van der Waals surface area contributed by atoms with Crippen LogP contribution in [0.15, 0.2) is 0 Å². The molecule has 0 aromatic carbocycles. The first kappa shape index (κ1) is 11.5. The van der Waals surface area contributed by atoms with Crippen LogP contribution in [0.5, 0.6) is 0 Å². The first-order chi connectivity index (χ1) is 6.74. The fraction of sp³-hybridized carbons (Fsp3) is 0.909. The molecule has 2 N–H and O–H groups in total. The SMILES string of the molecule is CCCNC(=O)CCNC(C)C1CC1. The molecular weight excluding hydrogens is 176 g/mol. The smallest absolute Gasteiger partial charge is 0.221 e. The number of hydrogen-bond donors (Lipinski definition) is 2. The van der Waals surface area contributed by atoms with E-state index in [0.717, 1.165) is 25.4 Å². The van der Waals surface area contributed by atoms with Gasteiger partial charge in [-0.2, -0.15) is 0 Å². The van der Waals surface area contributed by atoms with Crippen molar-refractivity contribution in [2.75, 3.05) is 13.1 Å². The summed E-state index contributed by atoms with van der Waals surface area (Å²) in [5, 5.41) is 6.26. The molecule has 0 aliphatic heterocycles. The van der Waals surface area contributed by atoms with E-state index in [1.165, 1.54) is 12.8 Å². The molecule has 1 rings (SSSR count). The molecule has 1 amide bonds. The Morgan fingerprint density at radius 2 is 2.14 bits per heavy atom. The van der Waals surface area contributed by atoms with E-state index in [2.05, 4.69) is 24.5 Å². The van der Waals surface area contributed by atoms with Gasteiger partial charge in [-0.05, 0) is 32.1 Å². The number of hydrogen-bond acceptors (Lipinski definition) is 2. The zero-order chi connectivity index (χ0) is 10.4. The van der Waals surface area contributed by atoms with E-state index in [1.54, 1.807) is 0 Å². The minimum absolute atomic E-state index is 0.169. The number of nitrogens with one attached hydrogen (secondary N) is 2. The van der Waals surface area contributed by atoms with E-state index in [9.17, 15) is 4.79 Å². The second kappa shape index (κ2) is 6.02. The van der Waals surface area contributed by atoms with Crippen LogP contribution in [0.1, 0.15) is 39.5 Å². The maximum absolute atomic E-state index is 11.2. The van der Waals surface area contributed by atoms with E-state index in [-0.39, 0.29) is 5.91 Å². The lowest BCUT2D eigenvalue weighted by Crippen LogP contribution is -2.33. The molecule has 3 heteroatoms. The second-order valence-corrected chi connectivity index (χ2v) is 4.18. The molecular formula is C11H22N2O. The summed E-state index contributed by atoms with van der Waals surface area (Å²) in [7, 11) is 0. The van der Waals surface area contributed by atoms with Crippen molar-refractivity contribution in [1.29, 1.82) is 0 Å². The van der Waals surface area contributed by atoms with Gasteiger partial charge in [0.25, 0.3) is 0 Å². The Morgan fingerprint density at radius 1 is 1.43 bits per heavy atom. The van der Waals surface area contributed by atoms with Crippen LogP contribution in [0.4, 0.5) is 0 Å². The van der Waals surface area contributed by atoms with Gasteiger partial charge in [0.1, 0.15) is 0 Å². The predicted molar refractivity (Wildman–Crippen MR) is 58.1 cm³/mol. The molecule has 1 aliphatic rings. The Balaban J connectivity index is 1.94. The van der Waals surface area contributed by atoms with Gasteiger partial charge in [-0.25, -0.2) is 0 Å².